The minimum Gasteiger partial charge on any atom is -0.325 e. The van der Waals surface area contributed by atoms with E-state index in [4.69, 9.17) is 0 Å². The van der Waals surface area contributed by atoms with E-state index in [1.165, 1.54) is 11.8 Å². The molecule has 19 heavy (non-hydrogen) atoms. The van der Waals surface area contributed by atoms with E-state index in [-0.39, 0.29) is 5.91 Å². The summed E-state index contributed by atoms with van der Waals surface area (Å²) in [5.41, 5.74) is 3.07. The summed E-state index contributed by atoms with van der Waals surface area (Å²) >= 11 is 3.05. The number of nitrogens with one attached hydrogen (secondary N) is 1. The number of thioether (sulfide) groups is 1. The van der Waals surface area contributed by atoms with E-state index >= 15 is 0 Å². The lowest BCUT2D eigenvalue weighted by Crippen LogP contribution is -2.15. The number of carbonyl (C=O) groups is 1. The molecule has 1 N–H and O–H groups in total. The summed E-state index contributed by atoms with van der Waals surface area (Å²) in [5.74, 6) is 0.407. The van der Waals surface area contributed by atoms with Crippen LogP contribution in [0.4, 0.5) is 5.69 Å². The first-order valence-corrected chi connectivity index (χ1v) is 7.98. The molecule has 5 heteroatoms. The fourth-order valence-corrected chi connectivity index (χ4v) is 3.31. The first-order chi connectivity index (χ1) is 9.19. The van der Waals surface area contributed by atoms with E-state index in [0.29, 0.717) is 5.75 Å². The number of hydrogen-bond acceptors (Lipinski definition) is 4. The summed E-state index contributed by atoms with van der Waals surface area (Å²) < 4.78 is 0.941. The normalized spacial score (nSPS) is 10.4. The molecule has 3 nitrogen and oxygen atoms in total. The van der Waals surface area contributed by atoms with Crippen molar-refractivity contribution >= 4 is 34.7 Å². The fourth-order valence-electron chi connectivity index (χ4n) is 1.66. The molecule has 0 atom stereocenters. The van der Waals surface area contributed by atoms with Crippen molar-refractivity contribution in [3.63, 3.8) is 0 Å². The first-order valence-electron chi connectivity index (χ1n) is 6.11. The van der Waals surface area contributed by atoms with Gasteiger partial charge in [0, 0.05) is 16.8 Å². The number of aryl methyl sites for hydroxylation is 2. The number of nitrogens with zero attached hydrogens (tertiary/aromatic N) is 1. The van der Waals surface area contributed by atoms with E-state index in [1.807, 2.05) is 36.6 Å². The van der Waals surface area contributed by atoms with Crippen molar-refractivity contribution < 1.29 is 4.79 Å². The fraction of sp³-hybridized carbons (Fsp3) is 0.286. The van der Waals surface area contributed by atoms with Crippen LogP contribution in [-0.4, -0.2) is 16.6 Å². The third-order valence-electron chi connectivity index (χ3n) is 2.60. The number of benzene rings is 1. The Morgan fingerprint density at radius 1 is 1.42 bits per heavy atom. The second-order valence-electron chi connectivity index (χ2n) is 4.10. The van der Waals surface area contributed by atoms with Gasteiger partial charge in [0.2, 0.25) is 5.91 Å². The number of para-hydroxylation sites is 1. The Labute approximate surface area is 121 Å². The van der Waals surface area contributed by atoms with Crippen LogP contribution in [-0.2, 0) is 11.2 Å². The predicted octanol–water partition coefficient (Wildman–Crippen LogP) is 3.74. The van der Waals surface area contributed by atoms with Gasteiger partial charge in [-0.1, -0.05) is 36.9 Å². The Morgan fingerprint density at radius 3 is 2.89 bits per heavy atom. The van der Waals surface area contributed by atoms with Gasteiger partial charge in [-0.25, -0.2) is 4.98 Å². The number of carbonyl (C=O) groups excluding carboxylic acids is 1. The van der Waals surface area contributed by atoms with Crippen LogP contribution in [0.2, 0.25) is 0 Å². The van der Waals surface area contributed by atoms with E-state index in [9.17, 15) is 4.79 Å². The second-order valence-corrected chi connectivity index (χ2v) is 6.18. The Morgan fingerprint density at radius 2 is 2.21 bits per heavy atom. The number of aromatic nitrogens is 1. The van der Waals surface area contributed by atoms with Crippen molar-refractivity contribution in [2.24, 2.45) is 0 Å². The van der Waals surface area contributed by atoms with Crippen LogP contribution in [0.15, 0.2) is 34.0 Å². The lowest BCUT2D eigenvalue weighted by molar-refractivity contribution is -0.113. The number of anilines is 1. The summed E-state index contributed by atoms with van der Waals surface area (Å²) in [7, 11) is 0. The molecule has 0 saturated carbocycles. The van der Waals surface area contributed by atoms with Gasteiger partial charge in [0.15, 0.2) is 4.34 Å². The van der Waals surface area contributed by atoms with Crippen LogP contribution < -0.4 is 5.32 Å². The molecule has 1 amide bonds. The summed E-state index contributed by atoms with van der Waals surface area (Å²) in [6.45, 7) is 4.04. The topological polar surface area (TPSA) is 42.0 Å². The minimum atomic E-state index is 0.0127. The monoisotopic (exact) mass is 292 g/mol. The van der Waals surface area contributed by atoms with Crippen molar-refractivity contribution in [2.75, 3.05) is 11.1 Å². The van der Waals surface area contributed by atoms with Crippen molar-refractivity contribution in [3.05, 3.63) is 40.9 Å². The van der Waals surface area contributed by atoms with Crippen LogP contribution >= 0.6 is 23.1 Å². The van der Waals surface area contributed by atoms with Crippen LogP contribution in [0, 0.1) is 6.92 Å². The van der Waals surface area contributed by atoms with Crippen molar-refractivity contribution in [1.29, 1.82) is 0 Å². The molecule has 0 aliphatic heterocycles. The van der Waals surface area contributed by atoms with Gasteiger partial charge in [0.25, 0.3) is 0 Å². The summed E-state index contributed by atoms with van der Waals surface area (Å²) in [4.78, 5) is 16.2. The number of thiazole rings is 1. The zero-order valence-corrected chi connectivity index (χ0v) is 12.6. The highest BCUT2D eigenvalue weighted by molar-refractivity contribution is 8.01. The first kappa shape index (κ1) is 14.1. The molecule has 0 spiro atoms. The minimum absolute atomic E-state index is 0.0127. The SMILES string of the molecule is CCc1ccccc1NC(=O)CSc1nc(C)cs1. The van der Waals surface area contributed by atoms with Gasteiger partial charge in [0.05, 0.1) is 5.75 Å². The molecule has 0 saturated heterocycles. The molecule has 100 valence electrons. The molecule has 0 aliphatic rings. The van der Waals surface area contributed by atoms with Crippen LogP contribution in [0.5, 0.6) is 0 Å². The number of hydrogen-bond donors (Lipinski definition) is 1. The molecule has 0 fully saturated rings. The molecule has 0 radical (unpaired) electrons. The predicted molar refractivity (Wildman–Crippen MR) is 82.0 cm³/mol. The third kappa shape index (κ3) is 4.08. The largest absolute Gasteiger partial charge is 0.325 e. The Kier molecular flexibility index (Phi) is 4.99. The molecular formula is C14H16N2OS2. The molecule has 0 unspecified atom stereocenters. The highest BCUT2D eigenvalue weighted by Crippen LogP contribution is 2.23. The zero-order chi connectivity index (χ0) is 13.7. The molecule has 2 rings (SSSR count). The molecule has 1 heterocycles. The van der Waals surface area contributed by atoms with Gasteiger partial charge < -0.3 is 5.32 Å². The second kappa shape index (κ2) is 6.73. The molecule has 0 bridgehead atoms. The van der Waals surface area contributed by atoms with Crippen molar-refractivity contribution in [2.45, 2.75) is 24.6 Å². The molecule has 0 aliphatic carbocycles. The highest BCUT2D eigenvalue weighted by Gasteiger charge is 2.07. The average Bonchev–Trinajstić information content (AvgIpc) is 2.83. The summed E-state index contributed by atoms with van der Waals surface area (Å²) in [6, 6.07) is 7.90. The van der Waals surface area contributed by atoms with E-state index < -0.39 is 0 Å². The lowest BCUT2D eigenvalue weighted by Gasteiger charge is -2.08. The maximum absolute atomic E-state index is 11.9. The van der Waals surface area contributed by atoms with E-state index in [2.05, 4.69) is 17.2 Å². The van der Waals surface area contributed by atoms with Gasteiger partial charge in [0.1, 0.15) is 0 Å². The molecule has 1 aromatic carbocycles. The highest BCUT2D eigenvalue weighted by atomic mass is 32.2. The van der Waals surface area contributed by atoms with Crippen molar-refractivity contribution in [3.8, 4) is 0 Å². The Balaban J connectivity index is 1.90. The van der Waals surface area contributed by atoms with Gasteiger partial charge in [-0.3, -0.25) is 4.79 Å². The molecular weight excluding hydrogens is 276 g/mol. The van der Waals surface area contributed by atoms with Crippen LogP contribution in [0.25, 0.3) is 0 Å². The van der Waals surface area contributed by atoms with Crippen LogP contribution in [0.1, 0.15) is 18.2 Å². The van der Waals surface area contributed by atoms with E-state index in [1.54, 1.807) is 11.3 Å². The van der Waals surface area contributed by atoms with Crippen LogP contribution in [0.3, 0.4) is 0 Å². The lowest BCUT2D eigenvalue weighted by atomic mass is 10.1. The van der Waals surface area contributed by atoms with Gasteiger partial charge in [-0.05, 0) is 25.0 Å². The van der Waals surface area contributed by atoms with Gasteiger partial charge >= 0.3 is 0 Å². The maximum atomic E-state index is 11.9. The quantitative estimate of drug-likeness (QED) is 0.854. The van der Waals surface area contributed by atoms with Crippen molar-refractivity contribution in [1.82, 2.24) is 4.98 Å². The Hall–Kier alpha value is -1.33. The number of amides is 1. The number of rotatable bonds is 5. The maximum Gasteiger partial charge on any atom is 0.234 e. The van der Waals surface area contributed by atoms with E-state index in [0.717, 1.165) is 27.7 Å². The third-order valence-corrected chi connectivity index (χ3v) is 4.74. The summed E-state index contributed by atoms with van der Waals surface area (Å²) in [6.07, 6.45) is 0.912. The smallest absolute Gasteiger partial charge is 0.234 e. The zero-order valence-electron chi connectivity index (χ0n) is 11.0. The average molecular weight is 292 g/mol. The molecule has 1 aromatic heterocycles. The van der Waals surface area contributed by atoms with Gasteiger partial charge in [-0.2, -0.15) is 0 Å². The Bertz CT molecular complexity index is 566. The standard InChI is InChI=1S/C14H16N2OS2/c1-3-11-6-4-5-7-12(11)16-13(17)9-19-14-15-10(2)8-18-14/h4-8H,3,9H2,1-2H3,(H,16,17). The van der Waals surface area contributed by atoms with Gasteiger partial charge in [-0.15, -0.1) is 11.3 Å². The summed E-state index contributed by atoms with van der Waals surface area (Å²) in [5, 5.41) is 4.95. The molecule has 2 aromatic rings.